The van der Waals surface area contributed by atoms with Crippen LogP contribution in [0.2, 0.25) is 0 Å². The molecule has 1 aromatic rings. The van der Waals surface area contributed by atoms with E-state index in [1.54, 1.807) is 0 Å². The normalized spacial score (nSPS) is 17.7. The third-order valence-corrected chi connectivity index (χ3v) is 3.89. The highest BCUT2D eigenvalue weighted by Gasteiger charge is 2.18. The molecule has 20 heavy (non-hydrogen) atoms. The maximum absolute atomic E-state index is 8.74. The van der Waals surface area contributed by atoms with Crippen LogP contribution in [0.15, 0.2) is 12.4 Å². The Hall–Kier alpha value is -0.910. The monoisotopic (exact) mass is 281 g/mol. The molecule has 114 valence electrons. The maximum atomic E-state index is 8.74. The average molecular weight is 281 g/mol. The minimum Gasteiger partial charge on any atom is -0.396 e. The highest BCUT2D eigenvalue weighted by molar-refractivity contribution is 5.03. The van der Waals surface area contributed by atoms with Gasteiger partial charge in [-0.1, -0.05) is 0 Å². The number of hydrogen-bond acceptors (Lipinski definition) is 4. The first kappa shape index (κ1) is 15.5. The molecule has 2 rings (SSSR count). The Morgan fingerprint density at radius 2 is 2.15 bits per heavy atom. The Bertz CT molecular complexity index is 373. The second-order valence-corrected chi connectivity index (χ2v) is 5.61. The van der Waals surface area contributed by atoms with Gasteiger partial charge in [-0.2, -0.15) is 5.10 Å². The number of hydrogen-bond donors (Lipinski definition) is 1. The third-order valence-electron chi connectivity index (χ3n) is 3.89. The van der Waals surface area contributed by atoms with Crippen molar-refractivity contribution in [2.45, 2.75) is 38.2 Å². The number of aliphatic hydroxyl groups excluding tert-OH is 1. The van der Waals surface area contributed by atoms with Crippen LogP contribution < -0.4 is 0 Å². The molecule has 0 amide bonds. The van der Waals surface area contributed by atoms with Gasteiger partial charge >= 0.3 is 0 Å². The zero-order valence-electron chi connectivity index (χ0n) is 12.5. The molecule has 1 fully saturated rings. The van der Waals surface area contributed by atoms with E-state index in [0.29, 0.717) is 12.7 Å². The Morgan fingerprint density at radius 1 is 1.35 bits per heavy atom. The zero-order valence-corrected chi connectivity index (χ0v) is 12.5. The van der Waals surface area contributed by atoms with Gasteiger partial charge in [0.2, 0.25) is 0 Å². The minimum absolute atomic E-state index is 0.229. The molecule has 1 aromatic heterocycles. The highest BCUT2D eigenvalue weighted by atomic mass is 16.5. The molecular formula is C15H27N3O2. The van der Waals surface area contributed by atoms with Gasteiger partial charge in [0.1, 0.15) is 0 Å². The number of ether oxygens (including phenoxy) is 1. The Labute approximate surface area is 121 Å². The second kappa shape index (κ2) is 8.39. The van der Waals surface area contributed by atoms with Gasteiger partial charge in [0.25, 0.3) is 0 Å². The molecule has 1 N–H and O–H groups in total. The third kappa shape index (κ3) is 5.23. The standard InChI is InChI=1S/C15H27N3O2/c1-17-13-14(12-16-17)4-2-7-18-8-5-15(6-9-18)20-11-3-10-19/h12-13,15,19H,2-11H2,1H3. The van der Waals surface area contributed by atoms with Crippen LogP contribution >= 0.6 is 0 Å². The Kier molecular flexibility index (Phi) is 6.50. The fraction of sp³-hybridized carbons (Fsp3) is 0.800. The SMILES string of the molecule is Cn1cc(CCCN2CCC(OCCCO)CC2)cn1. The van der Waals surface area contributed by atoms with Crippen LogP contribution in [0.1, 0.15) is 31.2 Å². The topological polar surface area (TPSA) is 50.5 Å². The molecule has 1 aliphatic heterocycles. The molecule has 0 bridgehead atoms. The van der Waals surface area contributed by atoms with Gasteiger partial charge in [0.15, 0.2) is 0 Å². The number of rotatable bonds is 8. The van der Waals surface area contributed by atoms with Gasteiger partial charge in [-0.05, 0) is 44.2 Å². The molecule has 5 nitrogen and oxygen atoms in total. The molecule has 0 radical (unpaired) electrons. The van der Waals surface area contributed by atoms with Gasteiger partial charge in [-0.3, -0.25) is 4.68 Å². The predicted molar refractivity (Wildman–Crippen MR) is 78.6 cm³/mol. The van der Waals surface area contributed by atoms with E-state index in [-0.39, 0.29) is 6.61 Å². The van der Waals surface area contributed by atoms with Gasteiger partial charge in [0, 0.05) is 39.5 Å². The first-order valence-electron chi connectivity index (χ1n) is 7.70. The molecule has 0 unspecified atom stereocenters. The summed E-state index contributed by atoms with van der Waals surface area (Å²) in [5.41, 5.74) is 1.33. The molecule has 0 saturated carbocycles. The number of aryl methyl sites for hydroxylation is 2. The molecular weight excluding hydrogens is 254 g/mol. The number of nitrogens with zero attached hydrogens (tertiary/aromatic N) is 3. The van der Waals surface area contributed by atoms with Crippen molar-refractivity contribution < 1.29 is 9.84 Å². The highest BCUT2D eigenvalue weighted by Crippen LogP contribution is 2.14. The summed E-state index contributed by atoms with van der Waals surface area (Å²) in [6, 6.07) is 0. The fourth-order valence-corrected chi connectivity index (χ4v) is 2.72. The minimum atomic E-state index is 0.229. The van der Waals surface area contributed by atoms with Crippen molar-refractivity contribution in [2.24, 2.45) is 7.05 Å². The van der Waals surface area contributed by atoms with Crippen LogP contribution in [0.5, 0.6) is 0 Å². The lowest BCUT2D eigenvalue weighted by Gasteiger charge is -2.31. The summed E-state index contributed by atoms with van der Waals surface area (Å²) in [6.45, 7) is 4.36. The molecule has 0 aromatic carbocycles. The lowest BCUT2D eigenvalue weighted by atomic mass is 10.1. The van der Waals surface area contributed by atoms with E-state index in [9.17, 15) is 0 Å². The predicted octanol–water partition coefficient (Wildman–Crippen LogP) is 1.22. The van der Waals surface area contributed by atoms with Crippen molar-refractivity contribution in [3.8, 4) is 0 Å². The van der Waals surface area contributed by atoms with E-state index in [4.69, 9.17) is 9.84 Å². The summed E-state index contributed by atoms with van der Waals surface area (Å²) in [5.74, 6) is 0. The first-order chi connectivity index (χ1) is 9.78. The second-order valence-electron chi connectivity index (χ2n) is 5.61. The Balaban J connectivity index is 1.55. The van der Waals surface area contributed by atoms with Crippen LogP contribution in [0.4, 0.5) is 0 Å². The van der Waals surface area contributed by atoms with Crippen molar-refractivity contribution in [3.05, 3.63) is 18.0 Å². The summed E-state index contributed by atoms with van der Waals surface area (Å²) >= 11 is 0. The molecule has 1 saturated heterocycles. The molecule has 2 heterocycles. The van der Waals surface area contributed by atoms with E-state index in [0.717, 1.165) is 45.3 Å². The summed E-state index contributed by atoms with van der Waals surface area (Å²) in [5, 5.41) is 12.9. The number of aliphatic hydroxyl groups is 1. The number of aromatic nitrogens is 2. The molecule has 5 heteroatoms. The van der Waals surface area contributed by atoms with Gasteiger partial charge in [0.05, 0.1) is 12.3 Å². The average Bonchev–Trinajstić information content (AvgIpc) is 2.87. The molecule has 0 aliphatic carbocycles. The van der Waals surface area contributed by atoms with E-state index in [2.05, 4.69) is 16.2 Å². The van der Waals surface area contributed by atoms with Gasteiger partial charge < -0.3 is 14.7 Å². The van der Waals surface area contributed by atoms with Gasteiger partial charge in [-0.15, -0.1) is 0 Å². The number of piperidine rings is 1. The largest absolute Gasteiger partial charge is 0.396 e. The quantitative estimate of drug-likeness (QED) is 0.728. The lowest BCUT2D eigenvalue weighted by Crippen LogP contribution is -2.37. The van der Waals surface area contributed by atoms with Crippen molar-refractivity contribution in [1.82, 2.24) is 14.7 Å². The summed E-state index contributed by atoms with van der Waals surface area (Å²) < 4.78 is 7.62. The van der Waals surface area contributed by atoms with Crippen LogP contribution in [0.3, 0.4) is 0 Å². The van der Waals surface area contributed by atoms with Crippen LogP contribution in [0, 0.1) is 0 Å². The Morgan fingerprint density at radius 3 is 2.80 bits per heavy atom. The molecule has 0 spiro atoms. The van der Waals surface area contributed by atoms with Crippen LogP contribution in [-0.2, 0) is 18.2 Å². The lowest BCUT2D eigenvalue weighted by molar-refractivity contribution is 0.00219. The fourth-order valence-electron chi connectivity index (χ4n) is 2.72. The van der Waals surface area contributed by atoms with E-state index >= 15 is 0 Å². The molecule has 1 aliphatic rings. The summed E-state index contributed by atoms with van der Waals surface area (Å²) in [7, 11) is 1.96. The first-order valence-corrected chi connectivity index (χ1v) is 7.70. The van der Waals surface area contributed by atoms with Crippen LogP contribution in [0.25, 0.3) is 0 Å². The zero-order chi connectivity index (χ0) is 14.2. The maximum Gasteiger partial charge on any atom is 0.0599 e. The van der Waals surface area contributed by atoms with E-state index < -0.39 is 0 Å². The number of likely N-dealkylation sites (tertiary alicyclic amines) is 1. The van der Waals surface area contributed by atoms with Crippen molar-refractivity contribution in [1.29, 1.82) is 0 Å². The van der Waals surface area contributed by atoms with Crippen molar-refractivity contribution in [2.75, 3.05) is 32.8 Å². The van der Waals surface area contributed by atoms with Crippen LogP contribution in [-0.4, -0.2) is 58.7 Å². The van der Waals surface area contributed by atoms with E-state index in [1.807, 2.05) is 17.9 Å². The van der Waals surface area contributed by atoms with E-state index in [1.165, 1.54) is 12.0 Å². The smallest absolute Gasteiger partial charge is 0.0599 e. The molecule has 0 atom stereocenters. The van der Waals surface area contributed by atoms with Crippen molar-refractivity contribution >= 4 is 0 Å². The summed E-state index contributed by atoms with van der Waals surface area (Å²) in [6.07, 6.45) is 9.77. The van der Waals surface area contributed by atoms with Crippen molar-refractivity contribution in [3.63, 3.8) is 0 Å². The summed E-state index contributed by atoms with van der Waals surface area (Å²) in [4.78, 5) is 2.53. The van der Waals surface area contributed by atoms with Gasteiger partial charge in [-0.25, -0.2) is 0 Å².